The van der Waals surface area contributed by atoms with Crippen LogP contribution < -0.4 is 0 Å². The van der Waals surface area contributed by atoms with E-state index in [9.17, 15) is 0 Å². The number of allylic oxidation sites excluding steroid dienone is 14. The third kappa shape index (κ3) is 4.97. The minimum absolute atomic E-state index is 0.281. The zero-order valence-electron chi connectivity index (χ0n) is 29.2. The fourth-order valence-corrected chi connectivity index (χ4v) is 8.43. The molecule has 0 saturated heterocycles. The van der Waals surface area contributed by atoms with Crippen molar-refractivity contribution in [2.45, 2.75) is 0 Å². The number of rotatable bonds is 6. The Morgan fingerprint density at radius 3 is 1.85 bits per heavy atom. The summed E-state index contributed by atoms with van der Waals surface area (Å²) in [7, 11) is 0. The van der Waals surface area contributed by atoms with E-state index in [-0.39, 0.29) is 5.92 Å². The molecule has 2 atom stereocenters. The molecule has 0 radical (unpaired) electrons. The fraction of sp³-hybridized carbons (Fsp3) is 0.0408. The number of oxazole rings is 1. The van der Waals surface area contributed by atoms with Crippen LogP contribution in [0.4, 0.5) is 0 Å². The van der Waals surface area contributed by atoms with Crippen LogP contribution in [-0.2, 0) is 0 Å². The number of fused-ring (bicyclic) bond motifs is 1. The van der Waals surface area contributed by atoms with Crippen LogP contribution >= 0.6 is 0 Å². The van der Waals surface area contributed by atoms with Crippen molar-refractivity contribution in [1.29, 1.82) is 0 Å². The van der Waals surface area contributed by atoms with Crippen molar-refractivity contribution in [3.63, 3.8) is 0 Å². The van der Waals surface area contributed by atoms with E-state index in [0.717, 1.165) is 61.8 Å². The van der Waals surface area contributed by atoms with E-state index in [2.05, 4.69) is 136 Å². The van der Waals surface area contributed by atoms with E-state index < -0.39 is 0 Å². The second-order valence-electron chi connectivity index (χ2n) is 14.1. The van der Waals surface area contributed by atoms with Gasteiger partial charge in [-0.2, -0.15) is 0 Å². The zero-order valence-corrected chi connectivity index (χ0v) is 29.2. The third-order valence-corrected chi connectivity index (χ3v) is 10.9. The molecule has 0 amide bonds. The number of para-hydroxylation sites is 2. The minimum Gasteiger partial charge on any atom is -0.436 e. The Morgan fingerprint density at radius 1 is 0.500 bits per heavy atom. The topological polar surface area (TPSA) is 56.7 Å². The Labute approximate surface area is 312 Å². The predicted molar refractivity (Wildman–Crippen MR) is 216 cm³/mol. The van der Waals surface area contributed by atoms with Crippen LogP contribution in [0.2, 0.25) is 0 Å². The van der Waals surface area contributed by atoms with Gasteiger partial charge in [0.05, 0.1) is 0 Å². The van der Waals surface area contributed by atoms with Crippen molar-refractivity contribution in [1.82, 2.24) is 19.7 Å². The van der Waals surface area contributed by atoms with Crippen LogP contribution in [0.15, 0.2) is 209 Å². The Hall–Kier alpha value is -7.11. The normalized spacial score (nSPS) is 18.0. The van der Waals surface area contributed by atoms with Gasteiger partial charge in [0.1, 0.15) is 5.52 Å². The molecule has 5 heteroatoms. The molecule has 5 aromatic carbocycles. The van der Waals surface area contributed by atoms with Gasteiger partial charge in [0, 0.05) is 34.2 Å². The van der Waals surface area contributed by atoms with Crippen molar-refractivity contribution >= 4 is 16.7 Å². The van der Waals surface area contributed by atoms with Gasteiger partial charge in [-0.25, -0.2) is 4.98 Å². The molecule has 0 saturated carbocycles. The van der Waals surface area contributed by atoms with Gasteiger partial charge in [-0.3, -0.25) is 4.57 Å². The summed E-state index contributed by atoms with van der Waals surface area (Å²) in [5.41, 5.74) is 15.5. The van der Waals surface area contributed by atoms with E-state index in [4.69, 9.17) is 9.40 Å². The van der Waals surface area contributed by atoms with Gasteiger partial charge in [-0.05, 0) is 87.0 Å². The molecule has 0 fully saturated rings. The van der Waals surface area contributed by atoms with Crippen molar-refractivity contribution in [3.05, 3.63) is 210 Å². The average Bonchev–Trinajstić information content (AvgIpc) is 3.89. The first-order valence-electron chi connectivity index (χ1n) is 18.3. The highest BCUT2D eigenvalue weighted by molar-refractivity contribution is 5.89. The number of aromatic nitrogens is 4. The van der Waals surface area contributed by atoms with Crippen LogP contribution in [0.5, 0.6) is 0 Å². The first-order chi connectivity index (χ1) is 26.7. The summed E-state index contributed by atoms with van der Waals surface area (Å²) in [5, 5.41) is 9.37. The summed E-state index contributed by atoms with van der Waals surface area (Å²) < 4.78 is 8.53. The SMILES string of the molecule is C1=CC2=CC(c3cc(-c4ccc(-n5c(-c6ccccc6)nnc5-c5ccccc5)cc4)cc(-c4nc5ccccc5o4)c3)=C3C=CC=C4C=CC(=C1)C2C43. The molecule has 11 rings (SSSR count). The third-order valence-electron chi connectivity index (χ3n) is 10.9. The summed E-state index contributed by atoms with van der Waals surface area (Å²) in [6.45, 7) is 0. The molecule has 4 aliphatic rings. The van der Waals surface area contributed by atoms with Gasteiger partial charge in [-0.15, -0.1) is 10.2 Å². The first kappa shape index (κ1) is 30.5. The van der Waals surface area contributed by atoms with Gasteiger partial charge >= 0.3 is 0 Å². The van der Waals surface area contributed by atoms with E-state index in [1.807, 2.05) is 60.7 Å². The lowest BCUT2D eigenvalue weighted by Crippen LogP contribution is -2.29. The summed E-state index contributed by atoms with van der Waals surface area (Å²) in [6.07, 6.45) is 20.5. The van der Waals surface area contributed by atoms with E-state index >= 15 is 0 Å². The van der Waals surface area contributed by atoms with E-state index in [0.29, 0.717) is 11.8 Å². The Morgan fingerprint density at radius 2 is 1.13 bits per heavy atom. The molecule has 0 aliphatic heterocycles. The maximum absolute atomic E-state index is 6.39. The highest BCUT2D eigenvalue weighted by atomic mass is 16.3. The van der Waals surface area contributed by atoms with Crippen molar-refractivity contribution in [3.8, 4) is 51.0 Å². The summed E-state index contributed by atoms with van der Waals surface area (Å²) >= 11 is 0. The first-order valence-corrected chi connectivity index (χ1v) is 18.3. The number of benzene rings is 5. The van der Waals surface area contributed by atoms with Crippen LogP contribution in [0, 0.1) is 11.8 Å². The van der Waals surface area contributed by atoms with Gasteiger partial charge < -0.3 is 4.42 Å². The van der Waals surface area contributed by atoms with Crippen LogP contribution in [-0.4, -0.2) is 19.7 Å². The monoisotopic (exact) mass is 692 g/mol. The summed E-state index contributed by atoms with van der Waals surface area (Å²) in [5.74, 6) is 2.81. The Kier molecular flexibility index (Phi) is 6.92. The molecule has 5 nitrogen and oxygen atoms in total. The molecular weight excluding hydrogens is 661 g/mol. The molecule has 2 heterocycles. The second-order valence-corrected chi connectivity index (χ2v) is 14.1. The number of hydrogen-bond donors (Lipinski definition) is 0. The smallest absolute Gasteiger partial charge is 0.227 e. The molecule has 0 spiro atoms. The van der Waals surface area contributed by atoms with Gasteiger partial charge in [0.2, 0.25) is 5.89 Å². The average molecular weight is 693 g/mol. The maximum atomic E-state index is 6.39. The summed E-state index contributed by atoms with van der Waals surface area (Å²) in [6, 6.07) is 43.9. The lowest BCUT2D eigenvalue weighted by atomic mass is 9.62. The molecule has 2 aromatic heterocycles. The second kappa shape index (κ2) is 12.2. The van der Waals surface area contributed by atoms with E-state index in [1.54, 1.807) is 0 Å². The zero-order chi connectivity index (χ0) is 35.6. The van der Waals surface area contributed by atoms with Crippen molar-refractivity contribution in [2.75, 3.05) is 0 Å². The molecule has 54 heavy (non-hydrogen) atoms. The lowest BCUT2D eigenvalue weighted by Gasteiger charge is -2.41. The predicted octanol–water partition coefficient (Wildman–Crippen LogP) is 11.6. The van der Waals surface area contributed by atoms with Gasteiger partial charge in [0.15, 0.2) is 17.2 Å². The lowest BCUT2D eigenvalue weighted by molar-refractivity contribution is 0.567. The molecule has 2 unspecified atom stereocenters. The van der Waals surface area contributed by atoms with Crippen LogP contribution in [0.3, 0.4) is 0 Å². The standard InChI is InChI=1S/C49H32N4O/c1-3-11-34(12-4-1)47-51-52-48(35-13-5-2-6-14-35)53(47)40-25-23-31(24-26-40)37-27-38(29-39(28-37)49-50-43-19-7-8-20-44(43)54-49)42-30-36-17-9-15-32-21-22-33-16-10-18-41(42)46(33)45(32)36/h1-30,45-46H. The van der Waals surface area contributed by atoms with Gasteiger partial charge in [-0.1, -0.05) is 140 Å². The quantitative estimate of drug-likeness (QED) is 0.174. The molecule has 0 bridgehead atoms. The fourth-order valence-electron chi connectivity index (χ4n) is 8.43. The minimum atomic E-state index is 0.281. The summed E-state index contributed by atoms with van der Waals surface area (Å²) in [4.78, 5) is 4.94. The molecular formula is C49H32N4O. The van der Waals surface area contributed by atoms with E-state index in [1.165, 1.54) is 27.9 Å². The van der Waals surface area contributed by atoms with Crippen LogP contribution in [0.1, 0.15) is 5.56 Å². The molecule has 4 aliphatic carbocycles. The van der Waals surface area contributed by atoms with Crippen molar-refractivity contribution in [2.24, 2.45) is 11.8 Å². The van der Waals surface area contributed by atoms with Crippen molar-refractivity contribution < 1.29 is 4.42 Å². The highest BCUT2D eigenvalue weighted by Gasteiger charge is 2.39. The maximum Gasteiger partial charge on any atom is 0.227 e. The Bertz CT molecular complexity index is 2770. The number of nitrogens with zero attached hydrogens (tertiary/aromatic N) is 4. The van der Waals surface area contributed by atoms with Crippen LogP contribution in [0.25, 0.3) is 67.7 Å². The highest BCUT2D eigenvalue weighted by Crippen LogP contribution is 2.52. The largest absolute Gasteiger partial charge is 0.436 e. The Balaban J connectivity index is 1.07. The molecule has 0 N–H and O–H groups in total. The van der Waals surface area contributed by atoms with Gasteiger partial charge in [0.25, 0.3) is 0 Å². The molecule has 254 valence electrons. The number of hydrogen-bond acceptors (Lipinski definition) is 4. The molecule has 7 aromatic rings.